The number of rotatable bonds is 6. The minimum Gasteiger partial charge on any atom is -0.361 e. The quantitative estimate of drug-likeness (QED) is 0.757. The van der Waals surface area contributed by atoms with Gasteiger partial charge in [-0.25, -0.2) is 9.36 Å². The van der Waals surface area contributed by atoms with Crippen molar-refractivity contribution in [2.24, 2.45) is 15.3 Å². The molecule has 1 aliphatic carbocycles. The zero-order chi connectivity index (χ0) is 20.0. The largest absolute Gasteiger partial charge is 0.361 e. The molecule has 1 aromatic rings. The van der Waals surface area contributed by atoms with Crippen molar-refractivity contribution in [2.75, 3.05) is 25.6 Å². The van der Waals surface area contributed by atoms with Crippen molar-refractivity contribution in [3.05, 3.63) is 22.8 Å². The molecule has 0 radical (unpaired) electrons. The number of hydrogen-bond acceptors (Lipinski definition) is 4. The Kier molecular flexibility index (Phi) is 7.71. The lowest BCUT2D eigenvalue weighted by molar-refractivity contribution is 0.228. The highest BCUT2D eigenvalue weighted by Crippen LogP contribution is 2.30. The smallest absolute Gasteiger partial charge is 0.137 e. The first-order valence-corrected chi connectivity index (χ1v) is 12.1. The SMILES string of the molecule is C/C=N\C(=c1\cc[nH]c1=C(C)C)N(C)C1CCC(CS(C)(=O)=NCC)CC1. The molecule has 1 saturated carbocycles. The van der Waals surface area contributed by atoms with Crippen LogP contribution in [-0.2, 0) is 9.73 Å². The second-order valence-electron chi connectivity index (χ2n) is 7.83. The van der Waals surface area contributed by atoms with Gasteiger partial charge in [-0.1, -0.05) is 5.57 Å². The van der Waals surface area contributed by atoms with Gasteiger partial charge in [0.1, 0.15) is 5.82 Å². The molecule has 1 fully saturated rings. The predicted octanol–water partition coefficient (Wildman–Crippen LogP) is 2.97. The van der Waals surface area contributed by atoms with E-state index in [0.717, 1.165) is 47.8 Å². The number of aromatic nitrogens is 1. The summed E-state index contributed by atoms with van der Waals surface area (Å²) < 4.78 is 16.8. The van der Waals surface area contributed by atoms with E-state index in [-0.39, 0.29) is 0 Å². The number of nitrogens with one attached hydrogen (secondary N) is 1. The first-order valence-electron chi connectivity index (χ1n) is 10.0. The fourth-order valence-corrected chi connectivity index (χ4v) is 5.94. The van der Waals surface area contributed by atoms with Gasteiger partial charge >= 0.3 is 0 Å². The Morgan fingerprint density at radius 1 is 1.33 bits per heavy atom. The Labute approximate surface area is 164 Å². The molecule has 1 atom stereocenters. The summed E-state index contributed by atoms with van der Waals surface area (Å²) in [6, 6.07) is 2.58. The summed E-state index contributed by atoms with van der Waals surface area (Å²) in [4.78, 5) is 10.4. The molecule has 6 heteroatoms. The summed E-state index contributed by atoms with van der Waals surface area (Å²) in [5.74, 6) is 2.29. The first-order chi connectivity index (χ1) is 12.8. The molecule has 1 N–H and O–H groups in total. The Hall–Kier alpha value is -1.56. The van der Waals surface area contributed by atoms with Crippen LogP contribution >= 0.6 is 0 Å². The van der Waals surface area contributed by atoms with Crippen LogP contribution in [0.2, 0.25) is 0 Å². The number of H-pyrrole nitrogens is 1. The highest BCUT2D eigenvalue weighted by molar-refractivity contribution is 7.92. The Morgan fingerprint density at radius 2 is 2.00 bits per heavy atom. The van der Waals surface area contributed by atoms with Crippen LogP contribution in [0.15, 0.2) is 21.6 Å². The number of nitrogens with zero attached hydrogens (tertiary/aromatic N) is 3. The number of hydrogen-bond donors (Lipinski definition) is 1. The lowest BCUT2D eigenvalue weighted by Gasteiger charge is -2.36. The Balaban J connectivity index is 2.20. The minimum absolute atomic E-state index is 0.468. The van der Waals surface area contributed by atoms with Gasteiger partial charge in [0.05, 0.1) is 0 Å². The topological polar surface area (TPSA) is 60.8 Å². The second kappa shape index (κ2) is 9.58. The van der Waals surface area contributed by atoms with Crippen LogP contribution in [0.1, 0.15) is 53.4 Å². The van der Waals surface area contributed by atoms with Crippen molar-refractivity contribution >= 4 is 27.3 Å². The average molecular weight is 393 g/mol. The van der Waals surface area contributed by atoms with E-state index in [1.54, 1.807) is 0 Å². The van der Waals surface area contributed by atoms with Crippen molar-refractivity contribution in [2.45, 2.75) is 59.4 Å². The van der Waals surface area contributed by atoms with Crippen molar-refractivity contribution in [3.8, 4) is 0 Å². The van der Waals surface area contributed by atoms with Crippen molar-refractivity contribution < 1.29 is 4.21 Å². The van der Waals surface area contributed by atoms with Crippen molar-refractivity contribution in [1.29, 1.82) is 0 Å². The summed E-state index contributed by atoms with van der Waals surface area (Å²) in [6.07, 6.45) is 10.1. The molecule has 0 saturated heterocycles. The van der Waals surface area contributed by atoms with Crippen LogP contribution in [0, 0.1) is 5.92 Å². The molecule has 0 amide bonds. The maximum absolute atomic E-state index is 12.5. The lowest BCUT2D eigenvalue weighted by atomic mass is 9.86. The lowest BCUT2D eigenvalue weighted by Crippen LogP contribution is -2.39. The van der Waals surface area contributed by atoms with Gasteiger partial charge in [0.25, 0.3) is 0 Å². The normalized spacial score (nSPS) is 23.8. The first kappa shape index (κ1) is 21.7. The number of aliphatic imine (C=N–C) groups is 1. The molecule has 1 heterocycles. The molecule has 1 aliphatic rings. The molecule has 2 rings (SSSR count). The fraction of sp³-hybridized carbons (Fsp3) is 0.667. The maximum Gasteiger partial charge on any atom is 0.137 e. The van der Waals surface area contributed by atoms with Crippen LogP contribution in [0.5, 0.6) is 0 Å². The third-order valence-corrected chi connectivity index (χ3v) is 7.28. The van der Waals surface area contributed by atoms with Crippen LogP contribution < -0.4 is 10.6 Å². The predicted molar refractivity (Wildman–Crippen MR) is 118 cm³/mol. The summed E-state index contributed by atoms with van der Waals surface area (Å²) in [6.45, 7) is 8.82. The zero-order valence-corrected chi connectivity index (χ0v) is 18.6. The van der Waals surface area contributed by atoms with Crippen molar-refractivity contribution in [1.82, 2.24) is 9.88 Å². The van der Waals surface area contributed by atoms with Gasteiger partial charge in [-0.2, -0.15) is 0 Å². The van der Waals surface area contributed by atoms with Crippen LogP contribution in [0.3, 0.4) is 0 Å². The molecular formula is C21H36N4OS. The molecule has 1 unspecified atom stereocenters. The summed E-state index contributed by atoms with van der Waals surface area (Å²) in [7, 11) is 0.138. The molecule has 1 aromatic heterocycles. The molecule has 0 aromatic carbocycles. The van der Waals surface area contributed by atoms with E-state index in [0.29, 0.717) is 18.5 Å². The van der Waals surface area contributed by atoms with E-state index < -0.39 is 9.73 Å². The van der Waals surface area contributed by atoms with E-state index in [1.807, 2.05) is 32.5 Å². The molecule has 0 bridgehead atoms. The Morgan fingerprint density at radius 3 is 2.56 bits per heavy atom. The standard InChI is InChI=1S/C21H36N4OS/c1-7-22-21(19-13-14-23-20(19)16(3)4)25(5)18-11-9-17(10-12-18)15-27(6,26)24-8-2/h7,13-14,17-18,23H,8-12,15H2,1-6H3/b21-19+,22-7-. The molecular weight excluding hydrogens is 356 g/mol. The third-order valence-electron chi connectivity index (χ3n) is 5.38. The molecule has 0 spiro atoms. The highest BCUT2D eigenvalue weighted by Gasteiger charge is 2.26. The highest BCUT2D eigenvalue weighted by atomic mass is 32.2. The van der Waals surface area contributed by atoms with E-state index in [4.69, 9.17) is 4.99 Å². The van der Waals surface area contributed by atoms with Crippen LogP contribution in [0.25, 0.3) is 11.4 Å². The van der Waals surface area contributed by atoms with Gasteiger partial charge in [0, 0.05) is 64.4 Å². The summed E-state index contributed by atoms with van der Waals surface area (Å²) in [5, 5.41) is 2.32. The molecule has 152 valence electrons. The zero-order valence-electron chi connectivity index (χ0n) is 17.8. The monoisotopic (exact) mass is 392 g/mol. The summed E-state index contributed by atoms with van der Waals surface area (Å²) >= 11 is 0. The van der Waals surface area contributed by atoms with E-state index in [1.165, 1.54) is 5.57 Å². The van der Waals surface area contributed by atoms with E-state index >= 15 is 0 Å². The van der Waals surface area contributed by atoms with Gasteiger partial charge in [-0.15, -0.1) is 0 Å². The molecule has 5 nitrogen and oxygen atoms in total. The maximum atomic E-state index is 12.5. The molecule has 27 heavy (non-hydrogen) atoms. The summed E-state index contributed by atoms with van der Waals surface area (Å²) in [5.41, 5.74) is 1.26. The van der Waals surface area contributed by atoms with Gasteiger partial charge in [0.15, 0.2) is 0 Å². The third kappa shape index (κ3) is 5.71. The van der Waals surface area contributed by atoms with E-state index in [9.17, 15) is 4.21 Å². The molecule has 0 aliphatic heterocycles. The Bertz CT molecular complexity index is 878. The van der Waals surface area contributed by atoms with Crippen LogP contribution in [0.4, 0.5) is 0 Å². The van der Waals surface area contributed by atoms with Gasteiger partial charge in [0.2, 0.25) is 0 Å². The second-order valence-corrected chi connectivity index (χ2v) is 10.3. The van der Waals surface area contributed by atoms with Gasteiger partial charge in [-0.05, 0) is 65.4 Å². The van der Waals surface area contributed by atoms with Crippen molar-refractivity contribution in [3.63, 3.8) is 0 Å². The minimum atomic E-state index is -2.02. The van der Waals surface area contributed by atoms with Gasteiger partial charge < -0.3 is 9.88 Å². The average Bonchev–Trinajstić information content (AvgIpc) is 3.09. The van der Waals surface area contributed by atoms with Crippen LogP contribution in [-0.4, -0.2) is 52.0 Å². The van der Waals surface area contributed by atoms with E-state index in [2.05, 4.69) is 41.2 Å². The fourth-order valence-electron chi connectivity index (χ4n) is 4.08. The van der Waals surface area contributed by atoms with Gasteiger partial charge in [-0.3, -0.25) is 4.21 Å². The number of aromatic amines is 1.